The van der Waals surface area contributed by atoms with Crippen molar-refractivity contribution in [1.82, 2.24) is 0 Å². The summed E-state index contributed by atoms with van der Waals surface area (Å²) in [6, 6.07) is 7.71. The molecule has 0 saturated heterocycles. The van der Waals surface area contributed by atoms with E-state index in [4.69, 9.17) is 10.1 Å². The van der Waals surface area contributed by atoms with Crippen molar-refractivity contribution in [2.45, 2.75) is 5.33 Å². The molecule has 0 aromatic heterocycles. The molecular weight excluding hydrogens is 218 g/mol. The predicted octanol–water partition coefficient (Wildman–Crippen LogP) is 2.55. The van der Waals surface area contributed by atoms with Crippen LogP contribution in [0.5, 0.6) is 0 Å². The Bertz CT molecular complexity index is 286. The van der Waals surface area contributed by atoms with E-state index in [9.17, 15) is 0 Å². The lowest BCUT2D eigenvalue weighted by Gasteiger charge is -2.02. The standard InChI is InChI=1S/C9H10BrNO/c1-12-9(11)8-4-2-3-7(5-8)6-10/h2-5,11H,6H2,1H3. The van der Waals surface area contributed by atoms with E-state index < -0.39 is 0 Å². The molecule has 1 N–H and O–H groups in total. The van der Waals surface area contributed by atoms with Gasteiger partial charge in [-0.1, -0.05) is 28.1 Å². The minimum atomic E-state index is 0.206. The van der Waals surface area contributed by atoms with Crippen LogP contribution in [0.25, 0.3) is 0 Å². The molecule has 0 unspecified atom stereocenters. The van der Waals surface area contributed by atoms with Crippen LogP contribution >= 0.6 is 15.9 Å². The molecule has 0 saturated carbocycles. The van der Waals surface area contributed by atoms with E-state index >= 15 is 0 Å². The molecule has 1 aromatic carbocycles. The van der Waals surface area contributed by atoms with Crippen LogP contribution in [0.1, 0.15) is 11.1 Å². The molecule has 1 aromatic rings. The maximum atomic E-state index is 7.41. The lowest BCUT2D eigenvalue weighted by molar-refractivity contribution is 0.401. The average molecular weight is 228 g/mol. The van der Waals surface area contributed by atoms with Gasteiger partial charge in [0.15, 0.2) is 0 Å². The smallest absolute Gasteiger partial charge is 0.212 e. The van der Waals surface area contributed by atoms with Crippen LogP contribution in [0.15, 0.2) is 24.3 Å². The first-order valence-corrected chi connectivity index (χ1v) is 4.68. The SMILES string of the molecule is COC(=N)c1cccc(CBr)c1. The van der Waals surface area contributed by atoms with Crippen molar-refractivity contribution in [1.29, 1.82) is 5.41 Å². The predicted molar refractivity (Wildman–Crippen MR) is 52.9 cm³/mol. The fourth-order valence-corrected chi connectivity index (χ4v) is 1.26. The Hall–Kier alpha value is -0.830. The van der Waals surface area contributed by atoms with Crippen LogP contribution in [-0.4, -0.2) is 13.0 Å². The molecule has 0 radical (unpaired) electrons. The van der Waals surface area contributed by atoms with Gasteiger partial charge >= 0.3 is 0 Å². The zero-order chi connectivity index (χ0) is 8.97. The minimum absolute atomic E-state index is 0.206. The molecule has 0 atom stereocenters. The molecule has 64 valence electrons. The Morgan fingerprint density at radius 3 is 2.92 bits per heavy atom. The van der Waals surface area contributed by atoms with Crippen molar-refractivity contribution in [3.8, 4) is 0 Å². The molecule has 0 fully saturated rings. The number of ether oxygens (including phenoxy) is 1. The van der Waals surface area contributed by atoms with Gasteiger partial charge in [0.1, 0.15) is 0 Å². The van der Waals surface area contributed by atoms with Crippen LogP contribution in [0, 0.1) is 5.41 Å². The molecule has 0 heterocycles. The Morgan fingerprint density at radius 2 is 2.33 bits per heavy atom. The molecule has 2 nitrogen and oxygen atoms in total. The van der Waals surface area contributed by atoms with E-state index in [1.807, 2.05) is 24.3 Å². The average Bonchev–Trinajstić information content (AvgIpc) is 2.17. The highest BCUT2D eigenvalue weighted by Crippen LogP contribution is 2.09. The van der Waals surface area contributed by atoms with Gasteiger partial charge in [0, 0.05) is 10.9 Å². The molecule has 0 amide bonds. The van der Waals surface area contributed by atoms with Gasteiger partial charge in [-0.2, -0.15) is 0 Å². The first kappa shape index (κ1) is 9.26. The summed E-state index contributed by atoms with van der Waals surface area (Å²) in [5, 5.41) is 8.22. The molecule has 3 heteroatoms. The van der Waals surface area contributed by atoms with Gasteiger partial charge in [0.2, 0.25) is 5.90 Å². The van der Waals surface area contributed by atoms with E-state index in [0.29, 0.717) is 0 Å². The summed E-state index contributed by atoms with van der Waals surface area (Å²) in [4.78, 5) is 0. The van der Waals surface area contributed by atoms with Crippen LogP contribution in [-0.2, 0) is 10.1 Å². The second kappa shape index (κ2) is 4.26. The number of nitrogens with one attached hydrogen (secondary N) is 1. The summed E-state index contributed by atoms with van der Waals surface area (Å²) in [6.45, 7) is 0. The van der Waals surface area contributed by atoms with Crippen molar-refractivity contribution in [2.75, 3.05) is 7.11 Å². The molecule has 0 aliphatic rings. The lowest BCUT2D eigenvalue weighted by Crippen LogP contribution is -2.01. The van der Waals surface area contributed by atoms with Crippen LogP contribution in [0.3, 0.4) is 0 Å². The summed E-state index contributed by atoms with van der Waals surface area (Å²) in [6.07, 6.45) is 0. The number of hydrogen-bond acceptors (Lipinski definition) is 2. The van der Waals surface area contributed by atoms with Crippen molar-refractivity contribution in [2.24, 2.45) is 0 Å². The fraction of sp³-hybridized carbons (Fsp3) is 0.222. The zero-order valence-electron chi connectivity index (χ0n) is 6.80. The first-order chi connectivity index (χ1) is 5.77. The quantitative estimate of drug-likeness (QED) is 0.471. The van der Waals surface area contributed by atoms with Crippen molar-refractivity contribution >= 4 is 21.8 Å². The molecule has 0 bridgehead atoms. The molecule has 12 heavy (non-hydrogen) atoms. The first-order valence-electron chi connectivity index (χ1n) is 3.55. The summed E-state index contributed by atoms with van der Waals surface area (Å²) < 4.78 is 4.80. The Labute approximate surface area is 80.2 Å². The topological polar surface area (TPSA) is 33.1 Å². The summed E-state index contributed by atoms with van der Waals surface area (Å²) in [7, 11) is 1.50. The molecular formula is C9H10BrNO. The minimum Gasteiger partial charge on any atom is -0.481 e. The Kier molecular flexibility index (Phi) is 3.29. The van der Waals surface area contributed by atoms with E-state index in [2.05, 4.69) is 15.9 Å². The molecule has 0 aliphatic carbocycles. The summed E-state index contributed by atoms with van der Waals surface area (Å²) in [5.74, 6) is 0.206. The second-order valence-corrected chi connectivity index (χ2v) is 2.93. The van der Waals surface area contributed by atoms with Crippen molar-refractivity contribution < 1.29 is 4.74 Å². The van der Waals surface area contributed by atoms with Crippen LogP contribution in [0.2, 0.25) is 0 Å². The van der Waals surface area contributed by atoms with Gasteiger partial charge in [-0.15, -0.1) is 0 Å². The number of hydrogen-bond donors (Lipinski definition) is 1. The zero-order valence-corrected chi connectivity index (χ0v) is 8.39. The largest absolute Gasteiger partial charge is 0.481 e. The van der Waals surface area contributed by atoms with Crippen LogP contribution < -0.4 is 0 Å². The van der Waals surface area contributed by atoms with Gasteiger partial charge < -0.3 is 4.74 Å². The third-order valence-electron chi connectivity index (χ3n) is 1.55. The molecule has 0 aliphatic heterocycles. The van der Waals surface area contributed by atoms with Gasteiger partial charge in [0.25, 0.3) is 0 Å². The van der Waals surface area contributed by atoms with E-state index in [1.54, 1.807) is 0 Å². The number of benzene rings is 1. The number of methoxy groups -OCH3 is 1. The Morgan fingerprint density at radius 1 is 1.58 bits per heavy atom. The van der Waals surface area contributed by atoms with E-state index in [-0.39, 0.29) is 5.90 Å². The summed E-state index contributed by atoms with van der Waals surface area (Å²) in [5.41, 5.74) is 1.96. The monoisotopic (exact) mass is 227 g/mol. The van der Waals surface area contributed by atoms with Crippen LogP contribution in [0.4, 0.5) is 0 Å². The second-order valence-electron chi connectivity index (χ2n) is 2.37. The lowest BCUT2D eigenvalue weighted by atomic mass is 10.1. The van der Waals surface area contributed by atoms with Gasteiger partial charge in [0.05, 0.1) is 7.11 Å². The summed E-state index contributed by atoms with van der Waals surface area (Å²) >= 11 is 3.35. The maximum Gasteiger partial charge on any atom is 0.212 e. The third kappa shape index (κ3) is 2.08. The van der Waals surface area contributed by atoms with E-state index in [0.717, 1.165) is 16.5 Å². The van der Waals surface area contributed by atoms with Crippen molar-refractivity contribution in [3.05, 3.63) is 35.4 Å². The fourth-order valence-electron chi connectivity index (χ4n) is 0.914. The van der Waals surface area contributed by atoms with Gasteiger partial charge in [-0.25, -0.2) is 0 Å². The van der Waals surface area contributed by atoms with E-state index in [1.165, 1.54) is 7.11 Å². The highest BCUT2D eigenvalue weighted by Gasteiger charge is 2.00. The number of alkyl halides is 1. The number of rotatable bonds is 2. The van der Waals surface area contributed by atoms with Gasteiger partial charge in [-0.3, -0.25) is 5.41 Å². The molecule has 1 rings (SSSR count). The molecule has 0 spiro atoms. The van der Waals surface area contributed by atoms with Gasteiger partial charge in [-0.05, 0) is 17.7 Å². The maximum absolute atomic E-state index is 7.41. The van der Waals surface area contributed by atoms with Crippen molar-refractivity contribution in [3.63, 3.8) is 0 Å². The normalized spacial score (nSPS) is 9.50. The Balaban J connectivity index is 2.93. The third-order valence-corrected chi connectivity index (χ3v) is 2.20. The number of halogens is 1. The highest BCUT2D eigenvalue weighted by atomic mass is 79.9. The highest BCUT2D eigenvalue weighted by molar-refractivity contribution is 9.08.